The van der Waals surface area contributed by atoms with Crippen molar-refractivity contribution >= 4 is 15.8 Å². The van der Waals surface area contributed by atoms with Gasteiger partial charge in [0.15, 0.2) is 0 Å². The van der Waals surface area contributed by atoms with Gasteiger partial charge in [-0.3, -0.25) is 0 Å². The van der Waals surface area contributed by atoms with Crippen LogP contribution in [0.1, 0.15) is 13.8 Å². The zero-order valence-corrected chi connectivity index (χ0v) is 19.7. The molecule has 174 valence electrons. The summed E-state index contributed by atoms with van der Waals surface area (Å²) in [4.78, 5) is 11.2. The number of hydrogen-bond acceptors (Lipinski definition) is 7. The normalized spacial score (nSPS) is 14.8. The van der Waals surface area contributed by atoms with Crippen LogP contribution < -0.4 is 14.4 Å². The summed E-state index contributed by atoms with van der Waals surface area (Å²) in [6, 6.07) is 16.3. The van der Waals surface area contributed by atoms with Gasteiger partial charge in [-0.05, 0) is 62.4 Å². The molecule has 3 aromatic rings. The third-order valence-electron chi connectivity index (χ3n) is 5.45. The van der Waals surface area contributed by atoms with Crippen molar-refractivity contribution in [3.63, 3.8) is 0 Å². The Kier molecular flexibility index (Phi) is 7.10. The standard InChI is InChI=1S/C24H28N4O4S/c1-3-31-20-7-5-19(6-8-20)23-17-24(26-18-25-23)27-13-15-28(16-14-27)33(29,30)22-11-9-21(10-12-22)32-4-2/h5-12,17-18H,3-4,13-16H2,1-2H3. The van der Waals surface area contributed by atoms with E-state index in [0.717, 1.165) is 22.8 Å². The Balaban J connectivity index is 1.43. The fourth-order valence-electron chi connectivity index (χ4n) is 3.75. The molecule has 0 aliphatic carbocycles. The first kappa shape index (κ1) is 23.0. The van der Waals surface area contributed by atoms with Gasteiger partial charge in [-0.2, -0.15) is 4.31 Å². The molecule has 0 unspecified atom stereocenters. The summed E-state index contributed by atoms with van der Waals surface area (Å²) < 4.78 is 38.5. The van der Waals surface area contributed by atoms with Crippen molar-refractivity contribution in [3.05, 3.63) is 60.9 Å². The molecule has 33 heavy (non-hydrogen) atoms. The zero-order chi connectivity index (χ0) is 23.3. The summed E-state index contributed by atoms with van der Waals surface area (Å²) in [5.41, 5.74) is 1.78. The smallest absolute Gasteiger partial charge is 0.243 e. The molecule has 0 bridgehead atoms. The lowest BCUT2D eigenvalue weighted by atomic mass is 10.1. The van der Waals surface area contributed by atoms with E-state index >= 15 is 0 Å². The van der Waals surface area contributed by atoms with E-state index in [2.05, 4.69) is 14.9 Å². The Morgan fingerprint density at radius 2 is 1.39 bits per heavy atom. The first-order chi connectivity index (χ1) is 16.0. The molecule has 8 nitrogen and oxygen atoms in total. The summed E-state index contributed by atoms with van der Waals surface area (Å²) in [7, 11) is -3.55. The van der Waals surface area contributed by atoms with E-state index in [4.69, 9.17) is 9.47 Å². The minimum atomic E-state index is -3.55. The van der Waals surface area contributed by atoms with E-state index in [1.54, 1.807) is 30.6 Å². The first-order valence-corrected chi connectivity index (χ1v) is 12.5. The predicted molar refractivity (Wildman–Crippen MR) is 127 cm³/mol. The number of benzene rings is 2. The van der Waals surface area contributed by atoms with Gasteiger partial charge in [0.2, 0.25) is 10.0 Å². The quantitative estimate of drug-likeness (QED) is 0.501. The molecule has 0 atom stereocenters. The molecule has 2 aromatic carbocycles. The Labute approximate surface area is 194 Å². The van der Waals surface area contributed by atoms with Crippen LogP contribution in [0.15, 0.2) is 65.8 Å². The van der Waals surface area contributed by atoms with Crippen molar-refractivity contribution in [3.8, 4) is 22.8 Å². The highest BCUT2D eigenvalue weighted by Gasteiger charge is 2.29. The number of piperazine rings is 1. The maximum atomic E-state index is 13.0. The SMILES string of the molecule is CCOc1ccc(-c2cc(N3CCN(S(=O)(=O)c4ccc(OCC)cc4)CC3)ncn2)cc1. The Morgan fingerprint density at radius 3 is 1.97 bits per heavy atom. The third-order valence-corrected chi connectivity index (χ3v) is 7.36. The van der Waals surface area contributed by atoms with Gasteiger partial charge in [-0.1, -0.05) is 0 Å². The first-order valence-electron chi connectivity index (χ1n) is 11.0. The van der Waals surface area contributed by atoms with Crippen LogP contribution in [0.4, 0.5) is 5.82 Å². The number of nitrogens with zero attached hydrogens (tertiary/aromatic N) is 4. The largest absolute Gasteiger partial charge is 0.494 e. The number of anilines is 1. The van der Waals surface area contributed by atoms with Gasteiger partial charge in [-0.15, -0.1) is 0 Å². The molecule has 0 spiro atoms. The van der Waals surface area contributed by atoms with Gasteiger partial charge in [0.25, 0.3) is 0 Å². The second-order valence-electron chi connectivity index (χ2n) is 7.51. The van der Waals surface area contributed by atoms with Crippen LogP contribution in [0.5, 0.6) is 11.5 Å². The van der Waals surface area contributed by atoms with Gasteiger partial charge < -0.3 is 14.4 Å². The van der Waals surface area contributed by atoms with E-state index in [-0.39, 0.29) is 4.90 Å². The van der Waals surface area contributed by atoms with Crippen LogP contribution in [0.25, 0.3) is 11.3 Å². The number of aromatic nitrogens is 2. The van der Waals surface area contributed by atoms with Crippen LogP contribution in [-0.4, -0.2) is 62.1 Å². The van der Waals surface area contributed by atoms with Crippen molar-refractivity contribution in [2.75, 3.05) is 44.3 Å². The summed E-state index contributed by atoms with van der Waals surface area (Å²) in [6.07, 6.45) is 1.55. The highest BCUT2D eigenvalue weighted by molar-refractivity contribution is 7.89. The van der Waals surface area contributed by atoms with E-state index < -0.39 is 10.0 Å². The van der Waals surface area contributed by atoms with Gasteiger partial charge in [-0.25, -0.2) is 18.4 Å². The molecule has 1 fully saturated rings. The van der Waals surface area contributed by atoms with Crippen LogP contribution >= 0.6 is 0 Å². The minimum absolute atomic E-state index is 0.277. The van der Waals surface area contributed by atoms with Crippen molar-refractivity contribution in [1.29, 1.82) is 0 Å². The average Bonchev–Trinajstić information content (AvgIpc) is 2.85. The molecule has 1 saturated heterocycles. The van der Waals surface area contributed by atoms with E-state index in [1.807, 2.05) is 44.2 Å². The molecule has 0 radical (unpaired) electrons. The molecular formula is C24H28N4O4S. The van der Waals surface area contributed by atoms with Crippen molar-refractivity contribution < 1.29 is 17.9 Å². The monoisotopic (exact) mass is 468 g/mol. The van der Waals surface area contributed by atoms with E-state index in [1.165, 1.54) is 4.31 Å². The predicted octanol–water partition coefficient (Wildman–Crippen LogP) is 3.45. The average molecular weight is 469 g/mol. The summed E-state index contributed by atoms with van der Waals surface area (Å²) in [6.45, 7) is 6.88. The second-order valence-corrected chi connectivity index (χ2v) is 9.45. The summed E-state index contributed by atoms with van der Waals surface area (Å²) >= 11 is 0. The number of rotatable bonds is 8. The number of sulfonamides is 1. The number of ether oxygens (including phenoxy) is 2. The second kappa shape index (κ2) is 10.2. The van der Waals surface area contributed by atoms with Crippen molar-refractivity contribution in [2.24, 2.45) is 0 Å². The molecule has 9 heteroatoms. The Morgan fingerprint density at radius 1 is 0.818 bits per heavy atom. The van der Waals surface area contributed by atoms with Crippen LogP contribution in [0, 0.1) is 0 Å². The lowest BCUT2D eigenvalue weighted by molar-refractivity contribution is 0.340. The molecule has 2 heterocycles. The lowest BCUT2D eigenvalue weighted by Gasteiger charge is -2.34. The van der Waals surface area contributed by atoms with Crippen LogP contribution in [0.3, 0.4) is 0 Å². The zero-order valence-electron chi connectivity index (χ0n) is 18.8. The molecule has 0 amide bonds. The highest BCUT2D eigenvalue weighted by Crippen LogP contribution is 2.25. The highest BCUT2D eigenvalue weighted by atomic mass is 32.2. The molecule has 0 N–H and O–H groups in total. The molecule has 1 aromatic heterocycles. The Bertz CT molecular complexity index is 1160. The molecule has 4 rings (SSSR count). The third kappa shape index (κ3) is 5.26. The maximum absolute atomic E-state index is 13.0. The number of hydrogen-bond donors (Lipinski definition) is 0. The van der Waals surface area contributed by atoms with E-state index in [9.17, 15) is 8.42 Å². The molecule has 1 aliphatic rings. The van der Waals surface area contributed by atoms with Gasteiger partial charge in [0.05, 0.1) is 23.8 Å². The summed E-state index contributed by atoms with van der Waals surface area (Å²) in [5, 5.41) is 0. The van der Waals surface area contributed by atoms with Crippen LogP contribution in [0.2, 0.25) is 0 Å². The fourth-order valence-corrected chi connectivity index (χ4v) is 5.17. The van der Waals surface area contributed by atoms with Crippen molar-refractivity contribution in [1.82, 2.24) is 14.3 Å². The molecular weight excluding hydrogens is 440 g/mol. The topological polar surface area (TPSA) is 84.9 Å². The van der Waals surface area contributed by atoms with E-state index in [0.29, 0.717) is 45.1 Å². The molecule has 0 saturated carbocycles. The summed E-state index contributed by atoms with van der Waals surface area (Å²) in [5.74, 6) is 2.26. The van der Waals surface area contributed by atoms with Crippen LogP contribution in [-0.2, 0) is 10.0 Å². The molecule has 1 aliphatic heterocycles. The Hall–Kier alpha value is -3.17. The van der Waals surface area contributed by atoms with Gasteiger partial charge in [0.1, 0.15) is 23.6 Å². The fraction of sp³-hybridized carbons (Fsp3) is 0.333. The maximum Gasteiger partial charge on any atom is 0.243 e. The van der Waals surface area contributed by atoms with Crippen molar-refractivity contribution in [2.45, 2.75) is 18.7 Å². The van der Waals surface area contributed by atoms with Gasteiger partial charge >= 0.3 is 0 Å². The lowest BCUT2D eigenvalue weighted by Crippen LogP contribution is -2.48. The van der Waals surface area contributed by atoms with Gasteiger partial charge in [0, 0.05) is 37.8 Å². The minimum Gasteiger partial charge on any atom is -0.494 e.